The molecule has 1 N–H and O–H groups in total. The van der Waals surface area contributed by atoms with Gasteiger partial charge in [-0.3, -0.25) is 4.40 Å². The zero-order valence-corrected chi connectivity index (χ0v) is 20.5. The van der Waals surface area contributed by atoms with Crippen LogP contribution in [0.4, 0.5) is 0 Å². The fourth-order valence-corrected chi connectivity index (χ4v) is 4.35. The molecule has 0 atom stereocenters. The summed E-state index contributed by atoms with van der Waals surface area (Å²) in [6, 6.07) is 15.3. The first kappa shape index (κ1) is 24.4. The van der Waals surface area contributed by atoms with E-state index in [1.54, 1.807) is 25.4 Å². The highest BCUT2D eigenvalue weighted by Gasteiger charge is 2.19. The zero-order chi connectivity index (χ0) is 24.8. The van der Waals surface area contributed by atoms with Crippen LogP contribution in [-0.2, 0) is 6.61 Å². The third kappa shape index (κ3) is 5.35. The van der Waals surface area contributed by atoms with Gasteiger partial charge in [0.25, 0.3) is 5.88 Å². The van der Waals surface area contributed by atoms with E-state index >= 15 is 0 Å². The van der Waals surface area contributed by atoms with Crippen LogP contribution in [0.2, 0.25) is 0 Å². The number of aromatic nitrogens is 3. The molecule has 7 heteroatoms. The number of ether oxygens (including phenoxy) is 1. The molecule has 0 aliphatic carbocycles. The first-order valence-electron chi connectivity index (χ1n) is 11.9. The quantitative estimate of drug-likeness (QED) is 0.460. The van der Waals surface area contributed by atoms with Crippen molar-refractivity contribution in [3.8, 4) is 34.5 Å². The van der Waals surface area contributed by atoms with Crippen LogP contribution in [-0.4, -0.2) is 51.6 Å². The standard InChI is InChI=1S/C22H18N4O2.C6H13N/c1-14-11-17(7-8-18(14)13-27)20-19(16-5-3-15(12-23)4-6-16)25-22(28-2)21-24-9-10-26(20)21;1-7-5-3-2-4-6-7/h3-11,27H,13H2,1-2H3;2-6H2,1H3. The van der Waals surface area contributed by atoms with Crippen molar-refractivity contribution in [2.75, 3.05) is 27.2 Å². The Morgan fingerprint density at radius 3 is 2.34 bits per heavy atom. The smallest absolute Gasteiger partial charge is 0.258 e. The van der Waals surface area contributed by atoms with Crippen molar-refractivity contribution in [1.29, 1.82) is 5.26 Å². The fraction of sp³-hybridized carbons (Fsp3) is 0.321. The maximum atomic E-state index is 9.50. The molecular formula is C28H31N5O2. The number of piperidine rings is 1. The van der Waals surface area contributed by atoms with Crippen molar-refractivity contribution >= 4 is 5.65 Å². The van der Waals surface area contributed by atoms with E-state index < -0.39 is 0 Å². The van der Waals surface area contributed by atoms with E-state index in [2.05, 4.69) is 23.0 Å². The Morgan fingerprint density at radius 1 is 1.06 bits per heavy atom. The summed E-state index contributed by atoms with van der Waals surface area (Å²) >= 11 is 0. The highest BCUT2D eigenvalue weighted by Crippen LogP contribution is 2.35. The monoisotopic (exact) mass is 469 g/mol. The highest BCUT2D eigenvalue weighted by atomic mass is 16.5. The average molecular weight is 470 g/mol. The Labute approximate surface area is 206 Å². The summed E-state index contributed by atoms with van der Waals surface area (Å²) in [6.07, 6.45) is 7.86. The molecule has 1 aliphatic rings. The number of benzene rings is 2. The minimum atomic E-state index is -0.00403. The number of hydrogen-bond acceptors (Lipinski definition) is 6. The molecule has 35 heavy (non-hydrogen) atoms. The minimum Gasteiger partial charge on any atom is -0.478 e. The van der Waals surface area contributed by atoms with Crippen molar-refractivity contribution in [3.63, 3.8) is 0 Å². The summed E-state index contributed by atoms with van der Waals surface area (Å²) in [5, 5.41) is 18.6. The molecule has 0 spiro atoms. The van der Waals surface area contributed by atoms with Gasteiger partial charge in [-0.25, -0.2) is 9.97 Å². The lowest BCUT2D eigenvalue weighted by Crippen LogP contribution is -2.24. The van der Waals surface area contributed by atoms with Gasteiger partial charge in [0.05, 0.1) is 36.7 Å². The van der Waals surface area contributed by atoms with Gasteiger partial charge >= 0.3 is 0 Å². The van der Waals surface area contributed by atoms with Gasteiger partial charge in [-0.15, -0.1) is 0 Å². The molecule has 0 bridgehead atoms. The number of methoxy groups -OCH3 is 1. The molecule has 0 radical (unpaired) electrons. The molecule has 0 saturated carbocycles. The van der Waals surface area contributed by atoms with Crippen LogP contribution < -0.4 is 4.74 Å². The van der Waals surface area contributed by atoms with Crippen molar-refractivity contribution < 1.29 is 9.84 Å². The number of aliphatic hydroxyl groups is 1. The van der Waals surface area contributed by atoms with Crippen LogP contribution in [0.25, 0.3) is 28.2 Å². The van der Waals surface area contributed by atoms with Gasteiger partial charge in [-0.1, -0.05) is 30.7 Å². The van der Waals surface area contributed by atoms with E-state index in [1.807, 2.05) is 47.9 Å². The predicted octanol–water partition coefficient (Wildman–Crippen LogP) is 4.85. The van der Waals surface area contributed by atoms with Gasteiger partial charge in [0, 0.05) is 23.5 Å². The van der Waals surface area contributed by atoms with E-state index in [1.165, 1.54) is 32.4 Å². The Bertz CT molecular complexity index is 1330. The van der Waals surface area contributed by atoms with Crippen molar-refractivity contribution in [1.82, 2.24) is 19.3 Å². The number of aryl methyl sites for hydroxylation is 1. The average Bonchev–Trinajstić information content (AvgIpc) is 3.38. The number of imidazole rings is 1. The van der Waals surface area contributed by atoms with Crippen LogP contribution in [0.3, 0.4) is 0 Å². The lowest BCUT2D eigenvalue weighted by molar-refractivity contribution is 0.277. The third-order valence-electron chi connectivity index (χ3n) is 6.36. The maximum absolute atomic E-state index is 9.50. The Hall–Kier alpha value is -3.73. The molecular weight excluding hydrogens is 438 g/mol. The van der Waals surface area contributed by atoms with Crippen LogP contribution in [0.1, 0.15) is 36.0 Å². The number of fused-ring (bicyclic) bond motifs is 1. The summed E-state index contributed by atoms with van der Waals surface area (Å²) in [5.41, 5.74) is 6.50. The van der Waals surface area contributed by atoms with Crippen LogP contribution in [0.5, 0.6) is 5.88 Å². The van der Waals surface area contributed by atoms with E-state index in [0.717, 1.165) is 33.6 Å². The lowest BCUT2D eigenvalue weighted by atomic mass is 9.99. The largest absolute Gasteiger partial charge is 0.478 e. The number of rotatable bonds is 4. The summed E-state index contributed by atoms with van der Waals surface area (Å²) in [6.45, 7) is 4.61. The number of aliphatic hydroxyl groups excluding tert-OH is 1. The summed E-state index contributed by atoms with van der Waals surface area (Å²) in [4.78, 5) is 11.5. The van der Waals surface area contributed by atoms with Gasteiger partial charge < -0.3 is 14.7 Å². The Kier molecular flexibility index (Phi) is 7.76. The molecule has 1 fully saturated rings. The van der Waals surface area contributed by atoms with Crippen molar-refractivity contribution in [2.24, 2.45) is 0 Å². The summed E-state index contributed by atoms with van der Waals surface area (Å²) in [5.74, 6) is 0.428. The SMILES string of the molecule is CN1CCCCC1.COc1nc(-c2ccc(C#N)cc2)c(-c2ccc(CO)c(C)c2)n2ccnc12. The predicted molar refractivity (Wildman–Crippen MR) is 137 cm³/mol. The second-order valence-electron chi connectivity index (χ2n) is 8.79. The minimum absolute atomic E-state index is 0.00403. The maximum Gasteiger partial charge on any atom is 0.258 e. The molecule has 3 heterocycles. The molecule has 0 unspecified atom stereocenters. The Morgan fingerprint density at radius 2 is 1.77 bits per heavy atom. The molecule has 0 amide bonds. The van der Waals surface area contributed by atoms with Gasteiger partial charge in [0.2, 0.25) is 5.65 Å². The molecule has 1 aliphatic heterocycles. The lowest BCUT2D eigenvalue weighted by Gasteiger charge is -2.20. The van der Waals surface area contributed by atoms with Crippen LogP contribution in [0.15, 0.2) is 54.9 Å². The summed E-state index contributed by atoms with van der Waals surface area (Å²) < 4.78 is 7.42. The molecule has 2 aromatic carbocycles. The van der Waals surface area contributed by atoms with Crippen LogP contribution in [0, 0.1) is 18.3 Å². The second kappa shape index (κ2) is 11.1. The van der Waals surface area contributed by atoms with E-state index in [4.69, 9.17) is 15.0 Å². The van der Waals surface area contributed by atoms with Crippen LogP contribution >= 0.6 is 0 Å². The highest BCUT2D eigenvalue weighted by molar-refractivity contribution is 5.82. The molecule has 4 aromatic rings. The number of likely N-dealkylation sites (tertiary alicyclic amines) is 1. The summed E-state index contributed by atoms with van der Waals surface area (Å²) in [7, 11) is 3.76. The molecule has 7 nitrogen and oxygen atoms in total. The van der Waals surface area contributed by atoms with E-state index in [0.29, 0.717) is 17.1 Å². The molecule has 5 rings (SSSR count). The number of nitrogens with zero attached hydrogens (tertiary/aromatic N) is 5. The topological polar surface area (TPSA) is 86.7 Å². The molecule has 1 saturated heterocycles. The van der Waals surface area contributed by atoms with Gasteiger partial charge in [-0.2, -0.15) is 5.26 Å². The number of hydrogen-bond donors (Lipinski definition) is 1. The normalized spacial score (nSPS) is 13.7. The Balaban J connectivity index is 0.000000356. The van der Waals surface area contributed by atoms with Gasteiger partial charge in [0.1, 0.15) is 0 Å². The second-order valence-corrected chi connectivity index (χ2v) is 8.79. The zero-order valence-electron chi connectivity index (χ0n) is 20.5. The van der Waals surface area contributed by atoms with E-state index in [9.17, 15) is 5.11 Å². The van der Waals surface area contributed by atoms with Gasteiger partial charge in [0.15, 0.2) is 0 Å². The molecule has 2 aromatic heterocycles. The van der Waals surface area contributed by atoms with Gasteiger partial charge in [-0.05, 0) is 69.2 Å². The third-order valence-corrected chi connectivity index (χ3v) is 6.36. The van der Waals surface area contributed by atoms with Crippen molar-refractivity contribution in [2.45, 2.75) is 32.8 Å². The molecule has 180 valence electrons. The fourth-order valence-electron chi connectivity index (χ4n) is 4.35. The number of nitriles is 1. The first-order valence-corrected chi connectivity index (χ1v) is 11.9. The van der Waals surface area contributed by atoms with E-state index in [-0.39, 0.29) is 6.61 Å². The van der Waals surface area contributed by atoms with Crippen molar-refractivity contribution in [3.05, 3.63) is 71.5 Å². The first-order chi connectivity index (χ1) is 17.0.